The Morgan fingerprint density at radius 1 is 1.32 bits per heavy atom. The van der Waals surface area contributed by atoms with Gasteiger partial charge in [0, 0.05) is 18.7 Å². The summed E-state index contributed by atoms with van der Waals surface area (Å²) >= 11 is 0. The second kappa shape index (κ2) is 9.76. The first kappa shape index (κ1) is 17.9. The topological polar surface area (TPSA) is 81.5 Å². The van der Waals surface area contributed by atoms with Crippen LogP contribution in [-0.2, 0) is 4.79 Å². The highest BCUT2D eigenvalue weighted by molar-refractivity contribution is 5.77. The number of nitro groups is 1. The maximum Gasteiger partial charge on any atom is 0.269 e. The zero-order valence-corrected chi connectivity index (χ0v) is 13.2. The summed E-state index contributed by atoms with van der Waals surface area (Å²) in [6.45, 7) is 4.87. The lowest BCUT2D eigenvalue weighted by molar-refractivity contribution is -0.384. The van der Waals surface area contributed by atoms with Gasteiger partial charge in [0.15, 0.2) is 6.61 Å². The first-order valence-electron chi connectivity index (χ1n) is 7.70. The smallest absolute Gasteiger partial charge is 0.269 e. The summed E-state index contributed by atoms with van der Waals surface area (Å²) in [6, 6.07) is 5.68. The molecule has 1 aromatic rings. The number of benzene rings is 1. The van der Waals surface area contributed by atoms with Crippen LogP contribution < -0.4 is 10.1 Å². The van der Waals surface area contributed by atoms with Crippen molar-refractivity contribution in [2.24, 2.45) is 5.92 Å². The van der Waals surface area contributed by atoms with E-state index in [2.05, 4.69) is 19.2 Å². The average molecular weight is 308 g/mol. The number of rotatable bonds is 10. The van der Waals surface area contributed by atoms with Gasteiger partial charge in [-0.3, -0.25) is 14.9 Å². The summed E-state index contributed by atoms with van der Waals surface area (Å²) in [5.41, 5.74) is -0.00138. The highest BCUT2D eigenvalue weighted by atomic mass is 16.6. The van der Waals surface area contributed by atoms with Crippen LogP contribution in [0.2, 0.25) is 0 Å². The zero-order chi connectivity index (χ0) is 16.4. The van der Waals surface area contributed by atoms with Crippen molar-refractivity contribution in [3.63, 3.8) is 0 Å². The fourth-order valence-electron chi connectivity index (χ4n) is 2.07. The molecule has 0 aliphatic heterocycles. The zero-order valence-electron chi connectivity index (χ0n) is 13.2. The molecule has 0 heterocycles. The highest BCUT2D eigenvalue weighted by Gasteiger charge is 2.09. The Hall–Kier alpha value is -2.11. The predicted molar refractivity (Wildman–Crippen MR) is 84.9 cm³/mol. The molecule has 0 unspecified atom stereocenters. The number of ether oxygens (including phenoxy) is 1. The quantitative estimate of drug-likeness (QED) is 0.531. The number of nitrogens with zero attached hydrogens (tertiary/aromatic N) is 1. The van der Waals surface area contributed by atoms with Crippen molar-refractivity contribution in [2.45, 2.75) is 39.5 Å². The number of non-ortho nitro benzene ring substituents is 1. The van der Waals surface area contributed by atoms with Crippen LogP contribution in [0.1, 0.15) is 39.5 Å². The molecule has 6 heteroatoms. The lowest BCUT2D eigenvalue weighted by Gasteiger charge is -2.15. The maximum atomic E-state index is 11.7. The van der Waals surface area contributed by atoms with Crippen molar-refractivity contribution in [2.75, 3.05) is 13.2 Å². The fourth-order valence-corrected chi connectivity index (χ4v) is 2.07. The van der Waals surface area contributed by atoms with Crippen LogP contribution in [0.15, 0.2) is 24.3 Å². The van der Waals surface area contributed by atoms with Crippen LogP contribution >= 0.6 is 0 Å². The lowest BCUT2D eigenvalue weighted by Crippen LogP contribution is -2.33. The molecule has 0 aliphatic rings. The molecule has 1 N–H and O–H groups in total. The molecule has 0 aromatic heterocycles. The number of nitro benzene ring substituents is 1. The number of hydrogen-bond acceptors (Lipinski definition) is 4. The van der Waals surface area contributed by atoms with Gasteiger partial charge in [-0.05, 0) is 24.5 Å². The molecule has 1 amide bonds. The van der Waals surface area contributed by atoms with E-state index in [4.69, 9.17) is 4.74 Å². The first-order valence-corrected chi connectivity index (χ1v) is 7.70. The van der Waals surface area contributed by atoms with Gasteiger partial charge in [-0.2, -0.15) is 0 Å². The van der Waals surface area contributed by atoms with Crippen molar-refractivity contribution in [3.05, 3.63) is 34.4 Å². The number of carbonyl (C=O) groups excluding carboxylic acids is 1. The molecular weight excluding hydrogens is 284 g/mol. The lowest BCUT2D eigenvalue weighted by atomic mass is 9.99. The van der Waals surface area contributed by atoms with Gasteiger partial charge >= 0.3 is 0 Å². The summed E-state index contributed by atoms with van der Waals surface area (Å²) in [5, 5.41) is 13.4. The molecule has 0 spiro atoms. The molecule has 0 bridgehead atoms. The average Bonchev–Trinajstić information content (AvgIpc) is 2.53. The third kappa shape index (κ3) is 6.56. The van der Waals surface area contributed by atoms with Crippen LogP contribution in [-0.4, -0.2) is 24.0 Å². The number of hydrogen-bond donors (Lipinski definition) is 1. The Balaban J connectivity index is 2.31. The van der Waals surface area contributed by atoms with E-state index in [1.807, 2.05) is 0 Å². The summed E-state index contributed by atoms with van der Waals surface area (Å²) in [4.78, 5) is 21.8. The number of carbonyl (C=O) groups is 1. The van der Waals surface area contributed by atoms with Gasteiger partial charge in [-0.25, -0.2) is 0 Å². The van der Waals surface area contributed by atoms with Gasteiger partial charge < -0.3 is 10.1 Å². The molecule has 1 aromatic carbocycles. The van der Waals surface area contributed by atoms with Crippen molar-refractivity contribution < 1.29 is 14.5 Å². The van der Waals surface area contributed by atoms with E-state index >= 15 is 0 Å². The molecule has 1 rings (SSSR count). The molecule has 6 nitrogen and oxygen atoms in total. The van der Waals surface area contributed by atoms with Crippen molar-refractivity contribution in [1.82, 2.24) is 5.32 Å². The maximum absolute atomic E-state index is 11.7. The molecular formula is C16H24N2O4. The number of nitrogens with one attached hydrogen (secondary N) is 1. The van der Waals surface area contributed by atoms with Crippen molar-refractivity contribution in [3.8, 4) is 5.75 Å². The number of amides is 1. The fraction of sp³-hybridized carbons (Fsp3) is 0.562. The predicted octanol–water partition coefficient (Wildman–Crippen LogP) is 3.31. The van der Waals surface area contributed by atoms with Crippen LogP contribution in [0.5, 0.6) is 5.75 Å². The van der Waals surface area contributed by atoms with Crippen LogP contribution in [0.25, 0.3) is 0 Å². The molecule has 0 radical (unpaired) electrons. The molecule has 0 fully saturated rings. The minimum atomic E-state index is -0.475. The largest absolute Gasteiger partial charge is 0.484 e. The molecule has 0 saturated heterocycles. The van der Waals surface area contributed by atoms with E-state index in [0.29, 0.717) is 18.2 Å². The van der Waals surface area contributed by atoms with E-state index in [1.165, 1.54) is 30.7 Å². The Kier molecular flexibility index (Phi) is 7.96. The monoisotopic (exact) mass is 308 g/mol. The van der Waals surface area contributed by atoms with E-state index in [9.17, 15) is 14.9 Å². The van der Waals surface area contributed by atoms with Crippen LogP contribution in [0.3, 0.4) is 0 Å². The summed E-state index contributed by atoms with van der Waals surface area (Å²) < 4.78 is 5.31. The van der Waals surface area contributed by atoms with Crippen LogP contribution in [0, 0.1) is 16.0 Å². The normalized spacial score (nSPS) is 11.7. The second-order valence-corrected chi connectivity index (χ2v) is 5.26. The number of unbranched alkanes of at least 4 members (excludes halogenated alkanes) is 1. The third-order valence-corrected chi connectivity index (χ3v) is 3.55. The van der Waals surface area contributed by atoms with E-state index in [-0.39, 0.29) is 18.2 Å². The minimum absolute atomic E-state index is 0.00138. The molecule has 0 aliphatic carbocycles. The van der Waals surface area contributed by atoms with Gasteiger partial charge in [0.2, 0.25) is 0 Å². The first-order chi connectivity index (χ1) is 10.6. The van der Waals surface area contributed by atoms with Gasteiger partial charge in [-0.1, -0.05) is 33.1 Å². The summed E-state index contributed by atoms with van der Waals surface area (Å²) in [7, 11) is 0. The van der Waals surface area contributed by atoms with Crippen LogP contribution in [0.4, 0.5) is 5.69 Å². The Morgan fingerprint density at radius 3 is 2.55 bits per heavy atom. The van der Waals surface area contributed by atoms with Gasteiger partial charge in [-0.15, -0.1) is 0 Å². The minimum Gasteiger partial charge on any atom is -0.484 e. The SMILES string of the molecule is CCCC[C@@H](CC)CNC(=O)COc1ccc([N+](=O)[O-])cc1. The summed E-state index contributed by atoms with van der Waals surface area (Å²) in [5.74, 6) is 0.773. The molecule has 122 valence electrons. The van der Waals surface area contributed by atoms with Crippen molar-refractivity contribution >= 4 is 11.6 Å². The van der Waals surface area contributed by atoms with E-state index < -0.39 is 4.92 Å². The Bertz CT molecular complexity index is 474. The second-order valence-electron chi connectivity index (χ2n) is 5.26. The van der Waals surface area contributed by atoms with Crippen molar-refractivity contribution in [1.29, 1.82) is 0 Å². The highest BCUT2D eigenvalue weighted by Crippen LogP contribution is 2.17. The van der Waals surface area contributed by atoms with E-state index in [0.717, 1.165) is 19.3 Å². The van der Waals surface area contributed by atoms with Gasteiger partial charge in [0.1, 0.15) is 5.75 Å². The van der Waals surface area contributed by atoms with Gasteiger partial charge in [0.25, 0.3) is 11.6 Å². The Morgan fingerprint density at radius 2 is 2.00 bits per heavy atom. The van der Waals surface area contributed by atoms with Gasteiger partial charge in [0.05, 0.1) is 4.92 Å². The summed E-state index contributed by atoms with van der Waals surface area (Å²) in [6.07, 6.45) is 4.50. The standard InChI is InChI=1S/C16H24N2O4/c1-3-5-6-13(4-2)11-17-16(19)12-22-15-9-7-14(8-10-15)18(20)21/h7-10,13H,3-6,11-12H2,1-2H3,(H,17,19)/t13-/m1/s1. The Labute approximate surface area is 131 Å². The molecule has 1 atom stereocenters. The van der Waals surface area contributed by atoms with E-state index in [1.54, 1.807) is 0 Å². The molecule has 0 saturated carbocycles. The third-order valence-electron chi connectivity index (χ3n) is 3.55. The molecule has 22 heavy (non-hydrogen) atoms.